The van der Waals surface area contributed by atoms with Crippen molar-refractivity contribution in [3.8, 4) is 5.75 Å². The van der Waals surface area contributed by atoms with Gasteiger partial charge in [0, 0.05) is 5.54 Å². The number of imide groups is 1. The Labute approximate surface area is 113 Å². The maximum Gasteiger partial charge on any atom is 0.321 e. The van der Waals surface area contributed by atoms with E-state index in [0.717, 1.165) is 0 Å². The molecule has 19 heavy (non-hydrogen) atoms. The van der Waals surface area contributed by atoms with Gasteiger partial charge in [-0.15, -0.1) is 0 Å². The fourth-order valence-corrected chi connectivity index (χ4v) is 1.34. The van der Waals surface area contributed by atoms with Crippen LogP contribution in [0, 0.1) is 0 Å². The molecule has 5 nitrogen and oxygen atoms in total. The third kappa shape index (κ3) is 5.90. The van der Waals surface area contributed by atoms with Crippen molar-refractivity contribution in [2.45, 2.75) is 39.3 Å². The second-order valence-corrected chi connectivity index (χ2v) is 5.27. The minimum atomic E-state index is -0.742. The number of hydrogen-bond acceptors (Lipinski definition) is 3. The van der Waals surface area contributed by atoms with E-state index in [1.165, 1.54) is 0 Å². The maximum absolute atomic E-state index is 11.7. The van der Waals surface area contributed by atoms with Crippen molar-refractivity contribution >= 4 is 11.9 Å². The first-order valence-corrected chi connectivity index (χ1v) is 6.12. The number of rotatable bonds is 3. The van der Waals surface area contributed by atoms with Gasteiger partial charge in [0.15, 0.2) is 6.10 Å². The van der Waals surface area contributed by atoms with Gasteiger partial charge in [-0.3, -0.25) is 10.1 Å². The molecule has 0 saturated heterocycles. The van der Waals surface area contributed by atoms with E-state index in [4.69, 9.17) is 4.74 Å². The molecule has 1 rings (SSSR count). The summed E-state index contributed by atoms with van der Waals surface area (Å²) >= 11 is 0. The third-order valence-electron chi connectivity index (χ3n) is 2.15. The van der Waals surface area contributed by atoms with Crippen LogP contribution < -0.4 is 15.4 Å². The highest BCUT2D eigenvalue weighted by Crippen LogP contribution is 2.10. The van der Waals surface area contributed by atoms with Gasteiger partial charge in [0.05, 0.1) is 0 Å². The Morgan fingerprint density at radius 1 is 1.16 bits per heavy atom. The predicted octanol–water partition coefficient (Wildman–Crippen LogP) is 2.08. The van der Waals surface area contributed by atoms with Gasteiger partial charge >= 0.3 is 6.03 Å². The zero-order valence-electron chi connectivity index (χ0n) is 11.7. The van der Waals surface area contributed by atoms with Gasteiger partial charge in [-0.2, -0.15) is 0 Å². The second kappa shape index (κ2) is 6.22. The number of ether oxygens (including phenoxy) is 1. The summed E-state index contributed by atoms with van der Waals surface area (Å²) in [6.07, 6.45) is -0.742. The molecule has 5 heteroatoms. The van der Waals surface area contributed by atoms with Gasteiger partial charge in [-0.25, -0.2) is 4.79 Å². The second-order valence-electron chi connectivity index (χ2n) is 5.27. The Kier molecular flexibility index (Phi) is 4.92. The molecule has 0 spiro atoms. The van der Waals surface area contributed by atoms with Crippen LogP contribution in [-0.2, 0) is 4.79 Å². The van der Waals surface area contributed by atoms with Crippen LogP contribution in [0.4, 0.5) is 4.79 Å². The smallest absolute Gasteiger partial charge is 0.321 e. The first-order chi connectivity index (χ1) is 8.78. The largest absolute Gasteiger partial charge is 0.481 e. The topological polar surface area (TPSA) is 67.4 Å². The maximum atomic E-state index is 11.7. The molecule has 3 amide bonds. The zero-order valence-corrected chi connectivity index (χ0v) is 11.7. The normalized spacial score (nSPS) is 12.4. The van der Waals surface area contributed by atoms with E-state index < -0.39 is 23.6 Å². The number of amides is 3. The van der Waals surface area contributed by atoms with Gasteiger partial charge in [-0.1, -0.05) is 18.2 Å². The van der Waals surface area contributed by atoms with E-state index in [2.05, 4.69) is 10.6 Å². The number of hydrogen-bond donors (Lipinski definition) is 2. The molecule has 0 aliphatic rings. The summed E-state index contributed by atoms with van der Waals surface area (Å²) in [6.45, 7) is 7.09. The SMILES string of the molecule is C[C@@H](Oc1ccccc1)C(=O)NC(=O)NC(C)(C)C. The van der Waals surface area contributed by atoms with Crippen molar-refractivity contribution in [2.75, 3.05) is 0 Å². The van der Waals surface area contributed by atoms with Crippen LogP contribution in [0.25, 0.3) is 0 Å². The Hall–Kier alpha value is -2.04. The van der Waals surface area contributed by atoms with Crippen molar-refractivity contribution in [1.29, 1.82) is 0 Å². The van der Waals surface area contributed by atoms with E-state index in [-0.39, 0.29) is 0 Å². The molecule has 0 aliphatic carbocycles. The average molecular weight is 264 g/mol. The summed E-state index contributed by atoms with van der Waals surface area (Å²) in [5.41, 5.74) is -0.395. The lowest BCUT2D eigenvalue weighted by molar-refractivity contribution is -0.126. The predicted molar refractivity (Wildman–Crippen MR) is 73.0 cm³/mol. The van der Waals surface area contributed by atoms with E-state index in [1.54, 1.807) is 19.1 Å². The highest BCUT2D eigenvalue weighted by molar-refractivity contribution is 5.96. The molecule has 0 aromatic heterocycles. The molecule has 0 radical (unpaired) electrons. The number of benzene rings is 1. The Morgan fingerprint density at radius 3 is 2.26 bits per heavy atom. The quantitative estimate of drug-likeness (QED) is 0.878. The third-order valence-corrected chi connectivity index (χ3v) is 2.15. The highest BCUT2D eigenvalue weighted by atomic mass is 16.5. The van der Waals surface area contributed by atoms with Crippen molar-refractivity contribution in [1.82, 2.24) is 10.6 Å². The van der Waals surface area contributed by atoms with Crippen LogP contribution in [0.5, 0.6) is 5.75 Å². The summed E-state index contributed by atoms with van der Waals surface area (Å²) < 4.78 is 5.42. The van der Waals surface area contributed by atoms with E-state index in [9.17, 15) is 9.59 Å². The molecule has 0 heterocycles. The summed E-state index contributed by atoms with van der Waals surface area (Å²) in [5.74, 6) is 0.104. The highest BCUT2D eigenvalue weighted by Gasteiger charge is 2.20. The van der Waals surface area contributed by atoms with Gasteiger partial charge < -0.3 is 10.1 Å². The van der Waals surface area contributed by atoms with Crippen LogP contribution in [0.2, 0.25) is 0 Å². The monoisotopic (exact) mass is 264 g/mol. The van der Waals surface area contributed by atoms with Crippen molar-refractivity contribution in [2.24, 2.45) is 0 Å². The van der Waals surface area contributed by atoms with Crippen molar-refractivity contribution < 1.29 is 14.3 Å². The summed E-state index contributed by atoms with van der Waals surface area (Å²) in [7, 11) is 0. The number of nitrogens with one attached hydrogen (secondary N) is 2. The van der Waals surface area contributed by atoms with E-state index in [1.807, 2.05) is 39.0 Å². The summed E-state index contributed by atoms with van der Waals surface area (Å²) in [4.78, 5) is 23.3. The lowest BCUT2D eigenvalue weighted by atomic mass is 10.1. The van der Waals surface area contributed by atoms with E-state index in [0.29, 0.717) is 5.75 Å². The molecule has 1 aromatic carbocycles. The van der Waals surface area contributed by atoms with Gasteiger partial charge in [0.2, 0.25) is 0 Å². The lowest BCUT2D eigenvalue weighted by Gasteiger charge is -2.21. The van der Waals surface area contributed by atoms with Gasteiger partial charge in [0.1, 0.15) is 5.75 Å². The first-order valence-electron chi connectivity index (χ1n) is 6.12. The molecule has 0 aliphatic heterocycles. The molecule has 1 atom stereocenters. The molecule has 104 valence electrons. The van der Waals surface area contributed by atoms with Crippen LogP contribution >= 0.6 is 0 Å². The molecule has 0 unspecified atom stereocenters. The molecule has 2 N–H and O–H groups in total. The molecule has 1 aromatic rings. The number of urea groups is 1. The summed E-state index contributed by atoms with van der Waals surface area (Å²) in [6, 6.07) is 8.45. The minimum absolute atomic E-state index is 0.395. The average Bonchev–Trinajstić information content (AvgIpc) is 2.27. The molecule has 0 bridgehead atoms. The fraction of sp³-hybridized carbons (Fsp3) is 0.429. The molecule has 0 fully saturated rings. The Balaban J connectivity index is 2.47. The summed E-state index contributed by atoms with van der Waals surface area (Å²) in [5, 5.41) is 4.88. The van der Waals surface area contributed by atoms with Crippen molar-refractivity contribution in [3.63, 3.8) is 0 Å². The Morgan fingerprint density at radius 2 is 1.74 bits per heavy atom. The molecule has 0 saturated carbocycles. The number of carbonyl (C=O) groups excluding carboxylic acids is 2. The fourth-order valence-electron chi connectivity index (χ4n) is 1.34. The van der Waals surface area contributed by atoms with E-state index >= 15 is 0 Å². The van der Waals surface area contributed by atoms with Crippen LogP contribution in [0.1, 0.15) is 27.7 Å². The first kappa shape index (κ1) is 15.0. The number of carbonyl (C=O) groups is 2. The van der Waals surface area contributed by atoms with Crippen LogP contribution in [0.15, 0.2) is 30.3 Å². The van der Waals surface area contributed by atoms with Gasteiger partial charge in [0.25, 0.3) is 5.91 Å². The zero-order chi connectivity index (χ0) is 14.5. The van der Waals surface area contributed by atoms with Crippen LogP contribution in [-0.4, -0.2) is 23.6 Å². The molecular weight excluding hydrogens is 244 g/mol. The van der Waals surface area contributed by atoms with Crippen LogP contribution in [0.3, 0.4) is 0 Å². The lowest BCUT2D eigenvalue weighted by Crippen LogP contribution is -2.50. The Bertz CT molecular complexity index is 438. The standard InChI is InChI=1S/C14H20N2O3/c1-10(19-11-8-6-5-7-9-11)12(17)15-13(18)16-14(2,3)4/h5-10H,1-4H3,(H2,15,16,17,18)/t10-/m1/s1. The molecular formula is C14H20N2O3. The van der Waals surface area contributed by atoms with Gasteiger partial charge in [-0.05, 0) is 39.8 Å². The minimum Gasteiger partial charge on any atom is -0.481 e. The number of para-hydroxylation sites is 1. The van der Waals surface area contributed by atoms with Crippen molar-refractivity contribution in [3.05, 3.63) is 30.3 Å².